The number of piperidine rings is 1. The number of rotatable bonds is 9. The van der Waals surface area contributed by atoms with Gasteiger partial charge in [-0.1, -0.05) is 38.1 Å². The number of carbonyl (C=O) groups excluding carboxylic acids is 1. The van der Waals surface area contributed by atoms with Crippen molar-refractivity contribution < 1.29 is 9.53 Å². The Kier molecular flexibility index (Phi) is 13.0. The van der Waals surface area contributed by atoms with Gasteiger partial charge in [0.25, 0.3) is 0 Å². The molecule has 1 aromatic carbocycles. The normalized spacial score (nSPS) is 15.1. The zero-order valence-electron chi connectivity index (χ0n) is 19.0. The van der Waals surface area contributed by atoms with E-state index >= 15 is 0 Å². The fourth-order valence-corrected chi connectivity index (χ4v) is 3.63. The van der Waals surface area contributed by atoms with Crippen LogP contribution in [0, 0.1) is 5.92 Å². The number of hydrogen-bond acceptors (Lipinski definition) is 4. The van der Waals surface area contributed by atoms with Crippen molar-refractivity contribution in [3.8, 4) is 0 Å². The van der Waals surface area contributed by atoms with E-state index in [4.69, 9.17) is 9.73 Å². The predicted octanol–water partition coefficient (Wildman–Crippen LogP) is 3.89. The third-order valence-corrected chi connectivity index (χ3v) is 5.48. The summed E-state index contributed by atoms with van der Waals surface area (Å²) in [5.74, 6) is 0.897. The van der Waals surface area contributed by atoms with Gasteiger partial charge >= 0.3 is 5.97 Å². The second-order valence-corrected chi connectivity index (χ2v) is 7.46. The lowest BCUT2D eigenvalue weighted by molar-refractivity contribution is -0.149. The molecule has 0 saturated carbocycles. The lowest BCUT2D eigenvalue weighted by Gasteiger charge is -2.33. The molecule has 1 aliphatic heterocycles. The van der Waals surface area contributed by atoms with Crippen LogP contribution in [-0.4, -0.2) is 61.1 Å². The predicted molar refractivity (Wildman–Crippen MR) is 134 cm³/mol. The SMILES string of the molecule is CCNC(=NCc1ccc(CN(CC)CC)cc1)N1CCC(C(=O)OCC)CC1.I. The zero-order valence-corrected chi connectivity index (χ0v) is 21.4. The number of nitrogens with zero attached hydrogens (tertiary/aromatic N) is 3. The maximum absolute atomic E-state index is 12.0. The Balaban J connectivity index is 0.00000450. The first-order chi connectivity index (χ1) is 14.1. The van der Waals surface area contributed by atoms with Crippen LogP contribution in [0.1, 0.15) is 51.7 Å². The van der Waals surface area contributed by atoms with E-state index in [0.29, 0.717) is 13.2 Å². The first kappa shape index (κ1) is 26.7. The monoisotopic (exact) mass is 530 g/mol. The zero-order chi connectivity index (χ0) is 21.1. The molecule has 7 heteroatoms. The molecule has 1 fully saturated rings. The summed E-state index contributed by atoms with van der Waals surface area (Å²) >= 11 is 0. The largest absolute Gasteiger partial charge is 0.466 e. The van der Waals surface area contributed by atoms with Crippen molar-refractivity contribution >= 4 is 35.9 Å². The van der Waals surface area contributed by atoms with Crippen LogP contribution >= 0.6 is 24.0 Å². The summed E-state index contributed by atoms with van der Waals surface area (Å²) in [6.45, 7) is 15.1. The number of guanidine groups is 1. The van der Waals surface area contributed by atoms with Crippen molar-refractivity contribution in [3.63, 3.8) is 0 Å². The van der Waals surface area contributed by atoms with Gasteiger partial charge in [-0.3, -0.25) is 9.69 Å². The number of ether oxygens (including phenoxy) is 1. The van der Waals surface area contributed by atoms with Crippen molar-refractivity contribution in [2.75, 3.05) is 39.3 Å². The molecule has 0 bridgehead atoms. The summed E-state index contributed by atoms with van der Waals surface area (Å²) < 4.78 is 5.17. The highest BCUT2D eigenvalue weighted by Crippen LogP contribution is 2.19. The molecule has 0 unspecified atom stereocenters. The molecule has 1 saturated heterocycles. The van der Waals surface area contributed by atoms with E-state index < -0.39 is 0 Å². The number of esters is 1. The highest BCUT2D eigenvalue weighted by molar-refractivity contribution is 14.0. The van der Waals surface area contributed by atoms with E-state index in [1.165, 1.54) is 11.1 Å². The standard InChI is InChI=1S/C23H38N4O2.HI/c1-5-24-23(27-15-13-21(14-16-27)22(28)29-8-4)25-17-19-9-11-20(12-10-19)18-26(6-2)7-3;/h9-12,21H,5-8,13-18H2,1-4H3,(H,24,25);1H. The summed E-state index contributed by atoms with van der Waals surface area (Å²) in [4.78, 5) is 21.5. The third-order valence-electron chi connectivity index (χ3n) is 5.48. The molecule has 1 heterocycles. The van der Waals surface area contributed by atoms with Gasteiger partial charge in [-0.25, -0.2) is 4.99 Å². The molecule has 1 aliphatic rings. The average Bonchev–Trinajstić information content (AvgIpc) is 2.76. The molecular weight excluding hydrogens is 491 g/mol. The second kappa shape index (κ2) is 14.6. The number of likely N-dealkylation sites (tertiary alicyclic amines) is 1. The Labute approximate surface area is 199 Å². The van der Waals surface area contributed by atoms with Gasteiger partial charge in [0, 0.05) is 26.2 Å². The fraction of sp³-hybridized carbons (Fsp3) is 0.652. The molecule has 0 spiro atoms. The molecular formula is C23H39IN4O2. The van der Waals surface area contributed by atoms with Crippen molar-refractivity contribution in [2.45, 2.75) is 53.6 Å². The van der Waals surface area contributed by atoms with E-state index in [1.807, 2.05) is 6.92 Å². The van der Waals surface area contributed by atoms with Gasteiger partial charge in [-0.05, 0) is 50.9 Å². The van der Waals surface area contributed by atoms with Crippen LogP contribution in [-0.2, 0) is 22.6 Å². The van der Waals surface area contributed by atoms with Crippen LogP contribution < -0.4 is 5.32 Å². The maximum Gasteiger partial charge on any atom is 0.309 e. The molecule has 0 radical (unpaired) electrons. The van der Waals surface area contributed by atoms with Crippen LogP contribution in [0.2, 0.25) is 0 Å². The maximum atomic E-state index is 12.0. The molecule has 6 nitrogen and oxygen atoms in total. The first-order valence-corrected chi connectivity index (χ1v) is 11.1. The minimum absolute atomic E-state index is 0. The van der Waals surface area contributed by atoms with Crippen molar-refractivity contribution in [1.82, 2.24) is 15.1 Å². The van der Waals surface area contributed by atoms with Gasteiger partial charge in [0.2, 0.25) is 0 Å². The molecule has 30 heavy (non-hydrogen) atoms. The molecule has 170 valence electrons. The quantitative estimate of drug-likeness (QED) is 0.227. The van der Waals surface area contributed by atoms with Gasteiger partial charge < -0.3 is 15.0 Å². The molecule has 0 aromatic heterocycles. The molecule has 0 atom stereocenters. The second-order valence-electron chi connectivity index (χ2n) is 7.46. The Morgan fingerprint density at radius 2 is 1.70 bits per heavy atom. The third kappa shape index (κ3) is 8.41. The average molecular weight is 530 g/mol. The van der Waals surface area contributed by atoms with E-state index in [9.17, 15) is 4.79 Å². The van der Waals surface area contributed by atoms with Gasteiger partial charge in [0.15, 0.2) is 5.96 Å². The summed E-state index contributed by atoms with van der Waals surface area (Å²) in [7, 11) is 0. The smallest absolute Gasteiger partial charge is 0.309 e. The van der Waals surface area contributed by atoms with Gasteiger partial charge in [0.05, 0.1) is 19.1 Å². The summed E-state index contributed by atoms with van der Waals surface area (Å²) in [6, 6.07) is 8.78. The minimum Gasteiger partial charge on any atom is -0.466 e. The van der Waals surface area contributed by atoms with E-state index in [2.05, 4.69) is 60.2 Å². The summed E-state index contributed by atoms with van der Waals surface area (Å²) in [5, 5.41) is 3.40. The fourth-order valence-electron chi connectivity index (χ4n) is 3.63. The van der Waals surface area contributed by atoms with Crippen molar-refractivity contribution in [3.05, 3.63) is 35.4 Å². The molecule has 0 aliphatic carbocycles. The Bertz CT molecular complexity index is 639. The molecule has 0 amide bonds. The summed E-state index contributed by atoms with van der Waals surface area (Å²) in [5.41, 5.74) is 2.56. The van der Waals surface area contributed by atoms with E-state index in [-0.39, 0.29) is 35.9 Å². The van der Waals surface area contributed by atoms with Crippen molar-refractivity contribution in [1.29, 1.82) is 0 Å². The van der Waals surface area contributed by atoms with Gasteiger partial charge in [-0.2, -0.15) is 0 Å². The number of carbonyl (C=O) groups is 1. The number of aliphatic imine (C=N–C) groups is 1. The Hall–Kier alpha value is -1.35. The van der Waals surface area contributed by atoms with Crippen molar-refractivity contribution in [2.24, 2.45) is 10.9 Å². The van der Waals surface area contributed by atoms with Crippen LogP contribution in [0.5, 0.6) is 0 Å². The number of halogens is 1. The Morgan fingerprint density at radius 1 is 1.10 bits per heavy atom. The summed E-state index contributed by atoms with van der Waals surface area (Å²) in [6.07, 6.45) is 1.65. The van der Waals surface area contributed by atoms with Crippen LogP contribution in [0.4, 0.5) is 0 Å². The first-order valence-electron chi connectivity index (χ1n) is 11.1. The number of nitrogens with one attached hydrogen (secondary N) is 1. The molecule has 1 aromatic rings. The Morgan fingerprint density at radius 3 is 2.23 bits per heavy atom. The van der Waals surface area contributed by atoms with Gasteiger partial charge in [-0.15, -0.1) is 24.0 Å². The lowest BCUT2D eigenvalue weighted by atomic mass is 9.97. The molecule has 1 N–H and O–H groups in total. The minimum atomic E-state index is -0.0566. The highest BCUT2D eigenvalue weighted by atomic mass is 127. The number of benzene rings is 1. The van der Waals surface area contributed by atoms with Crippen LogP contribution in [0.25, 0.3) is 0 Å². The highest BCUT2D eigenvalue weighted by Gasteiger charge is 2.27. The lowest BCUT2D eigenvalue weighted by Crippen LogP contribution is -2.46. The van der Waals surface area contributed by atoms with Crippen LogP contribution in [0.15, 0.2) is 29.3 Å². The van der Waals surface area contributed by atoms with E-state index in [1.54, 1.807) is 0 Å². The topological polar surface area (TPSA) is 57.2 Å². The van der Waals surface area contributed by atoms with Gasteiger partial charge in [0.1, 0.15) is 0 Å². The number of hydrogen-bond donors (Lipinski definition) is 1. The molecule has 2 rings (SSSR count). The van der Waals surface area contributed by atoms with E-state index in [0.717, 1.165) is 58.1 Å². The van der Waals surface area contributed by atoms with Crippen LogP contribution in [0.3, 0.4) is 0 Å².